The van der Waals surface area contributed by atoms with Crippen molar-refractivity contribution in [2.24, 2.45) is 0 Å². The molecule has 0 aromatic carbocycles. The van der Waals surface area contributed by atoms with E-state index in [4.69, 9.17) is 5.26 Å². The van der Waals surface area contributed by atoms with Gasteiger partial charge in [0.25, 0.3) is 0 Å². The maximum absolute atomic E-state index is 8.75. The van der Waals surface area contributed by atoms with Crippen molar-refractivity contribution in [2.75, 3.05) is 0 Å². The summed E-state index contributed by atoms with van der Waals surface area (Å²) in [4.78, 5) is 1.16. The third kappa shape index (κ3) is 1.60. The first kappa shape index (κ1) is 8.02. The van der Waals surface area contributed by atoms with Gasteiger partial charge in [0.1, 0.15) is 11.8 Å². The lowest BCUT2D eigenvalue weighted by molar-refractivity contribution is 0.806. The average Bonchev–Trinajstić information content (AvgIpc) is 2.76. The van der Waals surface area contributed by atoms with Crippen LogP contribution < -0.4 is 0 Å². The summed E-state index contributed by atoms with van der Waals surface area (Å²) in [6.07, 6.45) is 3.67. The molecule has 0 atom stereocenters. The maximum Gasteiger partial charge on any atom is 0.120 e. The van der Waals surface area contributed by atoms with Crippen LogP contribution in [0.4, 0.5) is 0 Å². The number of hydrogen-bond donors (Lipinski definition) is 0. The zero-order valence-corrected chi connectivity index (χ0v) is 7.66. The molecule has 4 heteroatoms. The fourth-order valence-electron chi connectivity index (χ4n) is 1.15. The van der Waals surface area contributed by atoms with Crippen molar-refractivity contribution in [3.05, 3.63) is 41.2 Å². The quantitative estimate of drug-likeness (QED) is 0.723. The van der Waals surface area contributed by atoms with Crippen LogP contribution in [0.1, 0.15) is 10.6 Å². The van der Waals surface area contributed by atoms with Gasteiger partial charge in [-0.3, -0.25) is 0 Å². The lowest BCUT2D eigenvalue weighted by atomic mass is 10.4. The maximum atomic E-state index is 8.75. The van der Waals surface area contributed by atoms with Crippen LogP contribution in [0.25, 0.3) is 0 Å². The molecule has 0 N–H and O–H groups in total. The first-order valence-electron chi connectivity index (χ1n) is 3.85. The zero-order valence-electron chi connectivity index (χ0n) is 6.84. The van der Waals surface area contributed by atoms with E-state index in [1.165, 1.54) is 11.5 Å². The average molecular weight is 189 g/mol. The molecular formula is C9H7N3S. The van der Waals surface area contributed by atoms with Crippen molar-refractivity contribution in [2.45, 2.75) is 6.54 Å². The Kier molecular flexibility index (Phi) is 2.11. The van der Waals surface area contributed by atoms with E-state index in [0.29, 0.717) is 5.69 Å². The molecule has 0 aliphatic heterocycles. The molecule has 0 radical (unpaired) electrons. The van der Waals surface area contributed by atoms with Crippen LogP contribution in [-0.2, 0) is 6.54 Å². The van der Waals surface area contributed by atoms with Gasteiger partial charge in [0.2, 0.25) is 0 Å². The molecular weight excluding hydrogens is 182 g/mol. The van der Waals surface area contributed by atoms with Crippen LogP contribution in [0, 0.1) is 11.3 Å². The highest BCUT2D eigenvalue weighted by atomic mass is 32.1. The summed E-state index contributed by atoms with van der Waals surface area (Å²) in [6, 6.07) is 7.78. The van der Waals surface area contributed by atoms with E-state index in [1.54, 1.807) is 12.3 Å². The second-order valence-corrected chi connectivity index (χ2v) is 3.53. The molecule has 3 nitrogen and oxygen atoms in total. The van der Waals surface area contributed by atoms with Gasteiger partial charge in [0.05, 0.1) is 6.54 Å². The second-order valence-electron chi connectivity index (χ2n) is 2.61. The van der Waals surface area contributed by atoms with E-state index in [1.807, 2.05) is 22.9 Å². The van der Waals surface area contributed by atoms with E-state index in [-0.39, 0.29) is 0 Å². The first-order chi connectivity index (χ1) is 6.40. The Morgan fingerprint density at radius 1 is 1.54 bits per heavy atom. The highest BCUT2D eigenvalue weighted by Crippen LogP contribution is 2.09. The SMILES string of the molecule is N#Cc1cccn1Cc1ccns1. The van der Waals surface area contributed by atoms with Crippen LogP contribution in [0.15, 0.2) is 30.6 Å². The summed E-state index contributed by atoms with van der Waals surface area (Å²) in [5.41, 5.74) is 0.688. The predicted octanol–water partition coefficient (Wildman–Crippen LogP) is 1.86. The minimum absolute atomic E-state index is 0.688. The third-order valence-corrected chi connectivity index (χ3v) is 2.49. The summed E-state index contributed by atoms with van der Waals surface area (Å²) >= 11 is 1.46. The molecule has 0 bridgehead atoms. The molecule has 0 spiro atoms. The number of hydrogen-bond acceptors (Lipinski definition) is 3. The van der Waals surface area contributed by atoms with Crippen LogP contribution in [0.5, 0.6) is 0 Å². The number of aromatic nitrogens is 2. The number of nitriles is 1. The van der Waals surface area contributed by atoms with Crippen molar-refractivity contribution < 1.29 is 0 Å². The summed E-state index contributed by atoms with van der Waals surface area (Å²) in [6.45, 7) is 0.737. The van der Waals surface area contributed by atoms with Crippen LogP contribution in [0.2, 0.25) is 0 Å². The Morgan fingerprint density at radius 2 is 2.46 bits per heavy atom. The molecule has 2 aromatic heterocycles. The largest absolute Gasteiger partial charge is 0.334 e. The molecule has 0 aliphatic carbocycles. The number of rotatable bonds is 2. The zero-order chi connectivity index (χ0) is 9.10. The van der Waals surface area contributed by atoms with Gasteiger partial charge in [0.15, 0.2) is 0 Å². The topological polar surface area (TPSA) is 41.6 Å². The van der Waals surface area contributed by atoms with Crippen LogP contribution in [0.3, 0.4) is 0 Å². The Labute approximate surface area is 80.0 Å². The third-order valence-electron chi connectivity index (χ3n) is 1.76. The summed E-state index contributed by atoms with van der Waals surface area (Å²) in [5, 5.41) is 8.75. The molecule has 0 unspecified atom stereocenters. The fourth-order valence-corrected chi connectivity index (χ4v) is 1.72. The van der Waals surface area contributed by atoms with Gasteiger partial charge in [-0.15, -0.1) is 0 Å². The van der Waals surface area contributed by atoms with E-state index in [2.05, 4.69) is 10.4 Å². The van der Waals surface area contributed by atoms with E-state index >= 15 is 0 Å². The standard InChI is InChI=1S/C9H7N3S/c10-6-8-2-1-5-12(8)7-9-3-4-11-13-9/h1-5H,7H2. The number of nitrogens with zero attached hydrogens (tertiary/aromatic N) is 3. The lowest BCUT2D eigenvalue weighted by Gasteiger charge is -2.00. The molecule has 0 saturated carbocycles. The van der Waals surface area contributed by atoms with Crippen LogP contribution >= 0.6 is 11.5 Å². The fraction of sp³-hybridized carbons (Fsp3) is 0.111. The Bertz CT molecular complexity index is 422. The van der Waals surface area contributed by atoms with E-state index < -0.39 is 0 Å². The molecule has 0 aliphatic rings. The molecule has 2 heterocycles. The van der Waals surface area contributed by atoms with Gasteiger partial charge < -0.3 is 4.57 Å². The Balaban J connectivity index is 2.24. The molecule has 2 rings (SSSR count). The molecule has 64 valence electrons. The van der Waals surface area contributed by atoms with Crippen molar-refractivity contribution in [3.8, 4) is 6.07 Å². The molecule has 0 saturated heterocycles. The normalized spacial score (nSPS) is 9.77. The van der Waals surface area contributed by atoms with E-state index in [9.17, 15) is 0 Å². The lowest BCUT2D eigenvalue weighted by Crippen LogP contribution is -1.98. The van der Waals surface area contributed by atoms with Crippen LogP contribution in [-0.4, -0.2) is 8.94 Å². The molecule has 13 heavy (non-hydrogen) atoms. The Hall–Kier alpha value is -1.60. The summed E-state index contributed by atoms with van der Waals surface area (Å²) in [5.74, 6) is 0. The van der Waals surface area contributed by atoms with Gasteiger partial charge in [0, 0.05) is 17.3 Å². The minimum Gasteiger partial charge on any atom is -0.334 e. The van der Waals surface area contributed by atoms with Gasteiger partial charge in [-0.1, -0.05) is 0 Å². The smallest absolute Gasteiger partial charge is 0.120 e. The first-order valence-corrected chi connectivity index (χ1v) is 4.62. The predicted molar refractivity (Wildman–Crippen MR) is 50.4 cm³/mol. The van der Waals surface area contributed by atoms with Crippen molar-refractivity contribution in [3.63, 3.8) is 0 Å². The van der Waals surface area contributed by atoms with E-state index in [0.717, 1.165) is 11.4 Å². The van der Waals surface area contributed by atoms with Crippen molar-refractivity contribution >= 4 is 11.5 Å². The van der Waals surface area contributed by atoms with Crippen molar-refractivity contribution in [1.82, 2.24) is 8.94 Å². The monoisotopic (exact) mass is 189 g/mol. The summed E-state index contributed by atoms with van der Waals surface area (Å²) in [7, 11) is 0. The molecule has 0 amide bonds. The van der Waals surface area contributed by atoms with Gasteiger partial charge in [-0.05, 0) is 29.7 Å². The molecule has 2 aromatic rings. The molecule has 0 fully saturated rings. The van der Waals surface area contributed by atoms with Gasteiger partial charge >= 0.3 is 0 Å². The summed E-state index contributed by atoms with van der Waals surface area (Å²) < 4.78 is 5.91. The highest BCUT2D eigenvalue weighted by Gasteiger charge is 2.00. The highest BCUT2D eigenvalue weighted by molar-refractivity contribution is 7.05. The Morgan fingerprint density at radius 3 is 3.15 bits per heavy atom. The van der Waals surface area contributed by atoms with Crippen molar-refractivity contribution in [1.29, 1.82) is 5.26 Å². The van der Waals surface area contributed by atoms with Gasteiger partial charge in [-0.2, -0.15) is 5.26 Å². The second kappa shape index (κ2) is 3.42. The van der Waals surface area contributed by atoms with Gasteiger partial charge in [-0.25, -0.2) is 4.37 Å². The minimum atomic E-state index is 0.688.